The van der Waals surface area contributed by atoms with Crippen molar-refractivity contribution in [1.29, 1.82) is 0 Å². The summed E-state index contributed by atoms with van der Waals surface area (Å²) >= 11 is 5.70. The normalized spacial score (nSPS) is 10.4. The van der Waals surface area contributed by atoms with Crippen LogP contribution in [0, 0.1) is 12.7 Å². The van der Waals surface area contributed by atoms with Crippen LogP contribution in [0.1, 0.15) is 27.6 Å². The van der Waals surface area contributed by atoms with Gasteiger partial charge in [0.25, 0.3) is 0 Å². The predicted molar refractivity (Wildman–Crippen MR) is 66.4 cm³/mol. The molecule has 0 N–H and O–H groups in total. The SMILES string of the molecule is Cc1cc(C=O)nc(Cc2cccc(Cl)c2F)n1. The van der Waals surface area contributed by atoms with Crippen LogP contribution in [-0.4, -0.2) is 16.3 Å². The minimum absolute atomic E-state index is 0.0655. The van der Waals surface area contributed by atoms with E-state index in [9.17, 15) is 9.18 Å². The molecule has 0 fully saturated rings. The fourth-order valence-electron chi connectivity index (χ4n) is 1.65. The van der Waals surface area contributed by atoms with Gasteiger partial charge in [-0.3, -0.25) is 4.79 Å². The van der Waals surface area contributed by atoms with E-state index in [0.29, 0.717) is 29.1 Å². The minimum atomic E-state index is -0.475. The summed E-state index contributed by atoms with van der Waals surface area (Å²) in [4.78, 5) is 18.9. The number of hydrogen-bond donors (Lipinski definition) is 0. The smallest absolute Gasteiger partial charge is 0.168 e. The number of carbonyl (C=O) groups excluding carboxylic acids is 1. The third-order valence-electron chi connectivity index (χ3n) is 2.42. The molecular formula is C13H10ClFN2O. The van der Waals surface area contributed by atoms with Crippen LogP contribution in [0.3, 0.4) is 0 Å². The van der Waals surface area contributed by atoms with E-state index in [0.717, 1.165) is 0 Å². The van der Waals surface area contributed by atoms with Gasteiger partial charge in [-0.05, 0) is 24.6 Å². The van der Waals surface area contributed by atoms with E-state index in [2.05, 4.69) is 9.97 Å². The number of nitrogens with zero attached hydrogens (tertiary/aromatic N) is 2. The third-order valence-corrected chi connectivity index (χ3v) is 2.71. The Labute approximate surface area is 109 Å². The Balaban J connectivity index is 2.36. The van der Waals surface area contributed by atoms with Crippen molar-refractivity contribution in [2.24, 2.45) is 0 Å². The van der Waals surface area contributed by atoms with Gasteiger partial charge in [-0.25, -0.2) is 14.4 Å². The van der Waals surface area contributed by atoms with Gasteiger partial charge in [0.15, 0.2) is 6.29 Å². The molecule has 0 unspecified atom stereocenters. The number of aromatic nitrogens is 2. The lowest BCUT2D eigenvalue weighted by Crippen LogP contribution is -2.03. The first kappa shape index (κ1) is 12.6. The van der Waals surface area contributed by atoms with Crippen molar-refractivity contribution in [3.8, 4) is 0 Å². The number of hydrogen-bond acceptors (Lipinski definition) is 3. The molecule has 0 saturated heterocycles. The first-order chi connectivity index (χ1) is 8.60. The fraction of sp³-hybridized carbons (Fsp3) is 0.154. The second kappa shape index (κ2) is 5.23. The van der Waals surface area contributed by atoms with Crippen molar-refractivity contribution < 1.29 is 9.18 Å². The van der Waals surface area contributed by atoms with Gasteiger partial charge in [-0.1, -0.05) is 23.7 Å². The summed E-state index contributed by atoms with van der Waals surface area (Å²) in [6, 6.07) is 6.34. The summed E-state index contributed by atoms with van der Waals surface area (Å²) in [5.74, 6) is -0.0739. The quantitative estimate of drug-likeness (QED) is 0.801. The molecule has 0 aliphatic heterocycles. The van der Waals surface area contributed by atoms with Gasteiger partial charge < -0.3 is 0 Å². The number of aryl methyl sites for hydroxylation is 1. The number of aldehydes is 1. The van der Waals surface area contributed by atoms with Crippen molar-refractivity contribution >= 4 is 17.9 Å². The molecule has 3 nitrogen and oxygen atoms in total. The molecule has 92 valence electrons. The molecule has 0 atom stereocenters. The molecule has 5 heteroatoms. The van der Waals surface area contributed by atoms with Crippen molar-refractivity contribution in [3.05, 3.63) is 57.9 Å². The monoisotopic (exact) mass is 264 g/mol. The van der Waals surface area contributed by atoms with E-state index in [1.807, 2.05) is 0 Å². The van der Waals surface area contributed by atoms with Crippen molar-refractivity contribution in [2.75, 3.05) is 0 Å². The van der Waals surface area contributed by atoms with E-state index < -0.39 is 5.82 Å². The van der Waals surface area contributed by atoms with Gasteiger partial charge in [0.1, 0.15) is 17.3 Å². The van der Waals surface area contributed by atoms with Crippen molar-refractivity contribution in [3.63, 3.8) is 0 Å². The summed E-state index contributed by atoms with van der Waals surface area (Å²) in [6.45, 7) is 1.76. The van der Waals surface area contributed by atoms with Crippen LogP contribution in [0.4, 0.5) is 4.39 Å². The van der Waals surface area contributed by atoms with Crippen LogP contribution < -0.4 is 0 Å². The number of halogens is 2. The lowest BCUT2D eigenvalue weighted by molar-refractivity contribution is 0.111. The number of carbonyl (C=O) groups is 1. The molecule has 1 aromatic heterocycles. The Morgan fingerprint density at radius 1 is 1.39 bits per heavy atom. The highest BCUT2D eigenvalue weighted by atomic mass is 35.5. The molecule has 18 heavy (non-hydrogen) atoms. The zero-order valence-electron chi connectivity index (χ0n) is 9.65. The van der Waals surface area contributed by atoms with Crippen LogP contribution in [0.15, 0.2) is 24.3 Å². The van der Waals surface area contributed by atoms with Crippen LogP contribution in [0.5, 0.6) is 0 Å². The van der Waals surface area contributed by atoms with Gasteiger partial charge in [-0.15, -0.1) is 0 Å². The molecular weight excluding hydrogens is 255 g/mol. The fourth-order valence-corrected chi connectivity index (χ4v) is 1.85. The number of benzene rings is 1. The molecule has 0 aliphatic rings. The number of rotatable bonds is 3. The highest BCUT2D eigenvalue weighted by Crippen LogP contribution is 2.19. The molecule has 2 rings (SSSR count). The van der Waals surface area contributed by atoms with Crippen LogP contribution in [0.25, 0.3) is 0 Å². The van der Waals surface area contributed by atoms with Gasteiger partial charge in [0.05, 0.1) is 5.02 Å². The summed E-state index contributed by atoms with van der Waals surface area (Å²) in [5.41, 5.74) is 1.37. The van der Waals surface area contributed by atoms with Crippen LogP contribution >= 0.6 is 11.6 Å². The van der Waals surface area contributed by atoms with Crippen LogP contribution in [0.2, 0.25) is 5.02 Å². The zero-order chi connectivity index (χ0) is 13.1. The highest BCUT2D eigenvalue weighted by Gasteiger charge is 2.09. The Hall–Kier alpha value is -1.81. The maximum absolute atomic E-state index is 13.7. The predicted octanol–water partition coefficient (Wildman–Crippen LogP) is 2.98. The highest BCUT2D eigenvalue weighted by molar-refractivity contribution is 6.30. The molecule has 0 radical (unpaired) electrons. The second-order valence-electron chi connectivity index (χ2n) is 3.86. The molecule has 1 heterocycles. The average Bonchev–Trinajstić information content (AvgIpc) is 2.34. The van der Waals surface area contributed by atoms with E-state index in [1.54, 1.807) is 25.1 Å². The van der Waals surface area contributed by atoms with Gasteiger partial charge >= 0.3 is 0 Å². The lowest BCUT2D eigenvalue weighted by Gasteiger charge is -2.05. The Morgan fingerprint density at radius 2 is 2.17 bits per heavy atom. The van der Waals surface area contributed by atoms with Gasteiger partial charge in [0, 0.05) is 12.1 Å². The lowest BCUT2D eigenvalue weighted by atomic mass is 10.1. The van der Waals surface area contributed by atoms with E-state index in [-0.39, 0.29) is 11.4 Å². The zero-order valence-corrected chi connectivity index (χ0v) is 10.4. The Morgan fingerprint density at radius 3 is 2.89 bits per heavy atom. The Kier molecular flexibility index (Phi) is 3.67. The molecule has 1 aromatic carbocycles. The molecule has 0 aliphatic carbocycles. The third kappa shape index (κ3) is 2.71. The summed E-state index contributed by atoms with van der Waals surface area (Å²) < 4.78 is 13.7. The molecule has 0 saturated carbocycles. The Bertz CT molecular complexity index is 602. The average molecular weight is 265 g/mol. The van der Waals surface area contributed by atoms with E-state index in [1.165, 1.54) is 6.07 Å². The summed E-state index contributed by atoms with van der Waals surface area (Å²) in [6.07, 6.45) is 0.849. The molecule has 0 spiro atoms. The van der Waals surface area contributed by atoms with Gasteiger partial charge in [-0.2, -0.15) is 0 Å². The maximum Gasteiger partial charge on any atom is 0.168 e. The summed E-state index contributed by atoms with van der Waals surface area (Å²) in [5, 5.41) is 0.0655. The first-order valence-corrected chi connectivity index (χ1v) is 5.70. The van der Waals surface area contributed by atoms with Crippen LogP contribution in [-0.2, 0) is 6.42 Å². The minimum Gasteiger partial charge on any atom is -0.296 e. The second-order valence-corrected chi connectivity index (χ2v) is 4.27. The first-order valence-electron chi connectivity index (χ1n) is 5.33. The van der Waals surface area contributed by atoms with E-state index >= 15 is 0 Å². The molecule has 0 bridgehead atoms. The molecule has 0 amide bonds. The topological polar surface area (TPSA) is 42.9 Å². The van der Waals surface area contributed by atoms with Crippen molar-refractivity contribution in [1.82, 2.24) is 9.97 Å². The maximum atomic E-state index is 13.7. The largest absolute Gasteiger partial charge is 0.296 e. The molecule has 2 aromatic rings. The van der Waals surface area contributed by atoms with E-state index in [4.69, 9.17) is 11.6 Å². The van der Waals surface area contributed by atoms with Gasteiger partial charge in [0.2, 0.25) is 0 Å². The summed E-state index contributed by atoms with van der Waals surface area (Å²) in [7, 11) is 0. The standard InChI is InChI=1S/C13H10ClFN2O/c1-8-5-10(7-18)17-12(16-8)6-9-3-2-4-11(14)13(9)15/h2-5,7H,6H2,1H3. The van der Waals surface area contributed by atoms with Crippen molar-refractivity contribution in [2.45, 2.75) is 13.3 Å².